The molecule has 1 atom stereocenters. The zero-order valence-corrected chi connectivity index (χ0v) is 8.18. The minimum absolute atomic E-state index is 0.548. The van der Waals surface area contributed by atoms with Crippen LogP contribution < -0.4 is 0 Å². The second-order valence-corrected chi connectivity index (χ2v) is 3.29. The monoisotopic (exact) mass is 190 g/mol. The molecule has 0 bridgehead atoms. The average molecular weight is 190 g/mol. The molecule has 0 aliphatic heterocycles. The Bertz CT molecular complexity index is 314. The molecular formula is C12H14O2. The Morgan fingerprint density at radius 3 is 2.64 bits per heavy atom. The van der Waals surface area contributed by atoms with Gasteiger partial charge in [-0.15, -0.1) is 0 Å². The summed E-state index contributed by atoms with van der Waals surface area (Å²) in [6.07, 6.45) is 2.28. The van der Waals surface area contributed by atoms with Crippen LogP contribution in [0.25, 0.3) is 0 Å². The van der Waals surface area contributed by atoms with Gasteiger partial charge in [0.15, 0.2) is 0 Å². The molecule has 1 aromatic rings. The van der Waals surface area contributed by atoms with Gasteiger partial charge in [0.25, 0.3) is 0 Å². The largest absolute Gasteiger partial charge is 0.389 e. The smallest absolute Gasteiger partial charge is 0.145 e. The lowest BCUT2D eigenvalue weighted by Gasteiger charge is -2.05. The van der Waals surface area contributed by atoms with Gasteiger partial charge < -0.3 is 5.11 Å². The highest BCUT2D eigenvalue weighted by molar-refractivity contribution is 5.72. The molecule has 1 aromatic carbocycles. The molecule has 1 rings (SSSR count). The number of carbonyl (C=O) groups is 1. The third kappa shape index (κ3) is 3.54. The van der Waals surface area contributed by atoms with E-state index in [2.05, 4.69) is 0 Å². The van der Waals surface area contributed by atoms with Crippen LogP contribution in [-0.4, -0.2) is 17.5 Å². The van der Waals surface area contributed by atoms with Gasteiger partial charge in [-0.3, -0.25) is 4.79 Å². The van der Waals surface area contributed by atoms with Crippen molar-refractivity contribution in [3.8, 4) is 0 Å². The first kappa shape index (κ1) is 10.7. The molecule has 2 heteroatoms. The Morgan fingerprint density at radius 2 is 2.07 bits per heavy atom. The number of aliphatic hydroxyl groups is 1. The zero-order valence-electron chi connectivity index (χ0n) is 8.18. The topological polar surface area (TPSA) is 37.3 Å². The summed E-state index contributed by atoms with van der Waals surface area (Å²) in [5.41, 5.74) is 1.63. The molecule has 0 aliphatic carbocycles. The van der Waals surface area contributed by atoms with Crippen LogP contribution in [-0.2, 0) is 11.2 Å². The second kappa shape index (κ2) is 5.35. The van der Waals surface area contributed by atoms with Crippen molar-refractivity contribution in [2.75, 3.05) is 0 Å². The van der Waals surface area contributed by atoms with Gasteiger partial charge >= 0.3 is 0 Å². The molecule has 2 nitrogen and oxygen atoms in total. The van der Waals surface area contributed by atoms with Crippen molar-refractivity contribution in [1.29, 1.82) is 0 Å². The molecular weight excluding hydrogens is 176 g/mol. The lowest BCUT2D eigenvalue weighted by atomic mass is 10.1. The fourth-order valence-electron chi connectivity index (χ4n) is 1.26. The molecule has 0 amide bonds. The van der Waals surface area contributed by atoms with Gasteiger partial charge in [0, 0.05) is 6.42 Å². The first-order valence-electron chi connectivity index (χ1n) is 4.58. The van der Waals surface area contributed by atoms with Gasteiger partial charge in [0.2, 0.25) is 0 Å². The molecule has 1 N–H and O–H groups in total. The third-order valence-corrected chi connectivity index (χ3v) is 1.93. The van der Waals surface area contributed by atoms with E-state index in [1.165, 1.54) is 0 Å². The maximum Gasteiger partial charge on any atom is 0.145 e. The quantitative estimate of drug-likeness (QED) is 0.580. The zero-order chi connectivity index (χ0) is 10.4. The normalized spacial score (nSPS) is 13.7. The summed E-state index contributed by atoms with van der Waals surface area (Å²) in [6.45, 7) is 1.68. The molecule has 0 fully saturated rings. The van der Waals surface area contributed by atoms with Gasteiger partial charge in [0.1, 0.15) is 6.29 Å². The molecule has 0 aliphatic rings. The van der Waals surface area contributed by atoms with E-state index in [1.807, 2.05) is 30.3 Å². The van der Waals surface area contributed by atoms with Crippen LogP contribution in [0.3, 0.4) is 0 Å². The Kier molecular flexibility index (Phi) is 4.08. The molecule has 0 heterocycles. The number of aldehydes is 1. The number of hydrogen-bond acceptors (Lipinski definition) is 2. The van der Waals surface area contributed by atoms with Crippen molar-refractivity contribution in [2.24, 2.45) is 0 Å². The lowest BCUT2D eigenvalue weighted by molar-refractivity contribution is -0.104. The molecule has 14 heavy (non-hydrogen) atoms. The van der Waals surface area contributed by atoms with E-state index in [0.717, 1.165) is 11.8 Å². The van der Waals surface area contributed by atoms with Crippen LogP contribution >= 0.6 is 0 Å². The van der Waals surface area contributed by atoms with Crippen LogP contribution in [0.15, 0.2) is 42.0 Å². The third-order valence-electron chi connectivity index (χ3n) is 1.93. The lowest BCUT2D eigenvalue weighted by Crippen LogP contribution is -2.07. The Morgan fingerprint density at radius 1 is 1.43 bits per heavy atom. The highest BCUT2D eigenvalue weighted by Crippen LogP contribution is 2.04. The summed E-state index contributed by atoms with van der Waals surface area (Å²) in [5, 5.41) is 9.57. The first-order chi connectivity index (χ1) is 6.72. The minimum Gasteiger partial charge on any atom is -0.389 e. The number of hydrogen-bond donors (Lipinski definition) is 1. The first-order valence-corrected chi connectivity index (χ1v) is 4.58. The van der Waals surface area contributed by atoms with E-state index in [0.29, 0.717) is 12.0 Å². The van der Waals surface area contributed by atoms with E-state index in [4.69, 9.17) is 0 Å². The summed E-state index contributed by atoms with van der Waals surface area (Å²) in [5.74, 6) is 0. The number of carbonyl (C=O) groups excluding carboxylic acids is 1. The SMILES string of the molecule is C/C(C=O)=C\C(O)Cc1ccccc1. The average Bonchev–Trinajstić information content (AvgIpc) is 2.19. The number of aliphatic hydroxyl groups excluding tert-OH is 1. The summed E-state index contributed by atoms with van der Waals surface area (Å²) in [4.78, 5) is 10.3. The highest BCUT2D eigenvalue weighted by atomic mass is 16.3. The van der Waals surface area contributed by atoms with E-state index in [1.54, 1.807) is 13.0 Å². The Labute approximate surface area is 83.9 Å². The van der Waals surface area contributed by atoms with Gasteiger partial charge in [-0.05, 0) is 24.1 Å². The van der Waals surface area contributed by atoms with E-state index < -0.39 is 6.10 Å². The maximum atomic E-state index is 10.3. The van der Waals surface area contributed by atoms with Crippen molar-refractivity contribution < 1.29 is 9.90 Å². The van der Waals surface area contributed by atoms with Gasteiger partial charge in [0.05, 0.1) is 6.10 Å². The van der Waals surface area contributed by atoms with Crippen molar-refractivity contribution >= 4 is 6.29 Å². The molecule has 0 aromatic heterocycles. The molecule has 0 radical (unpaired) electrons. The number of allylic oxidation sites excluding steroid dienone is 1. The van der Waals surface area contributed by atoms with Crippen LogP contribution in [0.4, 0.5) is 0 Å². The van der Waals surface area contributed by atoms with Gasteiger partial charge in [-0.25, -0.2) is 0 Å². The predicted molar refractivity (Wildman–Crippen MR) is 56.0 cm³/mol. The standard InChI is InChI=1S/C12H14O2/c1-10(9-13)7-12(14)8-11-5-3-2-4-6-11/h2-7,9,12,14H,8H2,1H3/b10-7+. The fraction of sp³-hybridized carbons (Fsp3) is 0.250. The number of benzene rings is 1. The summed E-state index contributed by atoms with van der Waals surface area (Å²) in [7, 11) is 0. The Hall–Kier alpha value is -1.41. The van der Waals surface area contributed by atoms with Crippen LogP contribution in [0, 0.1) is 0 Å². The van der Waals surface area contributed by atoms with Crippen molar-refractivity contribution in [3.05, 3.63) is 47.5 Å². The van der Waals surface area contributed by atoms with Crippen LogP contribution in [0.2, 0.25) is 0 Å². The van der Waals surface area contributed by atoms with Crippen molar-refractivity contribution in [2.45, 2.75) is 19.4 Å². The van der Waals surface area contributed by atoms with Crippen molar-refractivity contribution in [3.63, 3.8) is 0 Å². The second-order valence-electron chi connectivity index (χ2n) is 3.29. The summed E-state index contributed by atoms with van der Waals surface area (Å²) >= 11 is 0. The minimum atomic E-state index is -0.581. The Balaban J connectivity index is 2.58. The van der Waals surface area contributed by atoms with Gasteiger partial charge in [-0.2, -0.15) is 0 Å². The van der Waals surface area contributed by atoms with E-state index in [9.17, 15) is 9.90 Å². The summed E-state index contributed by atoms with van der Waals surface area (Å²) in [6, 6.07) is 9.69. The van der Waals surface area contributed by atoms with Gasteiger partial charge in [-0.1, -0.05) is 30.3 Å². The predicted octanol–water partition coefficient (Wildman–Crippen LogP) is 1.74. The highest BCUT2D eigenvalue weighted by Gasteiger charge is 2.01. The van der Waals surface area contributed by atoms with Crippen LogP contribution in [0.1, 0.15) is 12.5 Å². The number of rotatable bonds is 4. The molecule has 74 valence electrons. The maximum absolute atomic E-state index is 10.3. The molecule has 0 spiro atoms. The summed E-state index contributed by atoms with van der Waals surface area (Å²) < 4.78 is 0. The molecule has 1 unspecified atom stereocenters. The van der Waals surface area contributed by atoms with Crippen molar-refractivity contribution in [1.82, 2.24) is 0 Å². The molecule has 0 saturated carbocycles. The van der Waals surface area contributed by atoms with E-state index in [-0.39, 0.29) is 0 Å². The molecule has 0 saturated heterocycles. The fourth-order valence-corrected chi connectivity index (χ4v) is 1.26. The van der Waals surface area contributed by atoms with E-state index >= 15 is 0 Å². The van der Waals surface area contributed by atoms with Crippen LogP contribution in [0.5, 0.6) is 0 Å².